The van der Waals surface area contributed by atoms with Crippen LogP contribution in [0.2, 0.25) is 0 Å². The number of benzene rings is 2. The number of ether oxygens (including phenoxy) is 1. The van der Waals surface area contributed by atoms with E-state index in [0.29, 0.717) is 0 Å². The van der Waals surface area contributed by atoms with Crippen LogP contribution in [-0.4, -0.2) is 9.97 Å². The van der Waals surface area contributed by atoms with E-state index >= 15 is 0 Å². The lowest BCUT2D eigenvalue weighted by molar-refractivity contribution is 0.452. The van der Waals surface area contributed by atoms with E-state index in [0.717, 1.165) is 40.6 Å². The van der Waals surface area contributed by atoms with Crippen molar-refractivity contribution >= 4 is 0 Å². The van der Waals surface area contributed by atoms with E-state index in [4.69, 9.17) is 4.74 Å². The molecule has 1 aliphatic heterocycles. The smallest absolute Gasteiger partial charge is 0.167 e. The third-order valence-electron chi connectivity index (χ3n) is 3.41. The summed E-state index contributed by atoms with van der Waals surface area (Å²) in [7, 11) is 0. The Labute approximate surface area is 116 Å². The van der Waals surface area contributed by atoms with Crippen molar-refractivity contribution in [3.8, 4) is 22.9 Å². The van der Waals surface area contributed by atoms with Crippen molar-refractivity contribution in [3.05, 3.63) is 72.1 Å². The van der Waals surface area contributed by atoms with E-state index in [1.54, 1.807) is 6.20 Å². The Morgan fingerprint density at radius 1 is 0.850 bits per heavy atom. The zero-order chi connectivity index (χ0) is 13.4. The molecule has 0 unspecified atom stereocenters. The second-order valence-electron chi connectivity index (χ2n) is 4.76. The fourth-order valence-corrected chi connectivity index (χ4v) is 2.39. The molecule has 96 valence electrons. The Bertz CT molecular complexity index is 769. The van der Waals surface area contributed by atoms with Gasteiger partial charge < -0.3 is 4.74 Å². The number of rotatable bonds is 1. The van der Waals surface area contributed by atoms with Crippen LogP contribution in [0.4, 0.5) is 0 Å². The molecule has 0 saturated carbocycles. The molecule has 0 bridgehead atoms. The molecule has 2 heterocycles. The predicted octanol–water partition coefficient (Wildman–Crippen LogP) is 3.84. The maximum absolute atomic E-state index is 5.84. The number of nitrogens with zero attached hydrogens (tertiary/aromatic N) is 2. The van der Waals surface area contributed by atoms with Gasteiger partial charge in [0.2, 0.25) is 0 Å². The molecule has 0 N–H and O–H groups in total. The van der Waals surface area contributed by atoms with Gasteiger partial charge in [0, 0.05) is 17.5 Å². The van der Waals surface area contributed by atoms with Gasteiger partial charge in [-0.3, -0.25) is 0 Å². The summed E-state index contributed by atoms with van der Waals surface area (Å²) in [5.74, 6) is 2.40. The highest BCUT2D eigenvalue weighted by Gasteiger charge is 2.18. The summed E-state index contributed by atoms with van der Waals surface area (Å²) in [6.07, 6.45) is 2.55. The van der Waals surface area contributed by atoms with Crippen LogP contribution in [0.25, 0.3) is 11.4 Å². The molecule has 1 aromatic heterocycles. The lowest BCUT2D eigenvalue weighted by Gasteiger charge is -2.19. The Morgan fingerprint density at radius 3 is 2.55 bits per heavy atom. The molecule has 3 nitrogen and oxygen atoms in total. The molecule has 0 spiro atoms. The summed E-state index contributed by atoms with van der Waals surface area (Å²) in [5, 5.41) is 0. The monoisotopic (exact) mass is 260 g/mol. The van der Waals surface area contributed by atoms with Gasteiger partial charge in [-0.2, -0.15) is 0 Å². The van der Waals surface area contributed by atoms with Crippen molar-refractivity contribution in [1.82, 2.24) is 9.97 Å². The largest absolute Gasteiger partial charge is 0.454 e. The summed E-state index contributed by atoms with van der Waals surface area (Å²) in [4.78, 5) is 9.05. The SMILES string of the molecule is c1ccc(-c2ncc3c(n2)Cc2ccccc2O3)cc1. The highest BCUT2D eigenvalue weighted by atomic mass is 16.5. The Balaban J connectivity index is 1.77. The fraction of sp³-hybridized carbons (Fsp3) is 0.0588. The number of aromatic nitrogens is 2. The highest BCUT2D eigenvalue weighted by Crippen LogP contribution is 2.35. The van der Waals surface area contributed by atoms with Gasteiger partial charge >= 0.3 is 0 Å². The van der Waals surface area contributed by atoms with E-state index in [1.165, 1.54) is 0 Å². The molecule has 4 rings (SSSR count). The summed E-state index contributed by atoms with van der Waals surface area (Å²) in [6, 6.07) is 18.0. The first-order chi connectivity index (χ1) is 9.90. The molecule has 0 radical (unpaired) electrons. The summed E-state index contributed by atoms with van der Waals surface area (Å²) >= 11 is 0. The van der Waals surface area contributed by atoms with Crippen LogP contribution >= 0.6 is 0 Å². The maximum Gasteiger partial charge on any atom is 0.167 e. The van der Waals surface area contributed by atoms with Gasteiger partial charge in [-0.15, -0.1) is 0 Å². The zero-order valence-corrected chi connectivity index (χ0v) is 10.8. The molecule has 20 heavy (non-hydrogen) atoms. The molecule has 3 aromatic rings. The molecule has 0 amide bonds. The Morgan fingerprint density at radius 2 is 1.65 bits per heavy atom. The first-order valence-corrected chi connectivity index (χ1v) is 6.57. The van der Waals surface area contributed by atoms with Crippen molar-refractivity contribution in [2.45, 2.75) is 6.42 Å². The Kier molecular flexibility index (Phi) is 2.49. The van der Waals surface area contributed by atoms with Crippen LogP contribution in [0.3, 0.4) is 0 Å². The topological polar surface area (TPSA) is 35.0 Å². The molecule has 0 saturated heterocycles. The molecule has 0 atom stereocenters. The van der Waals surface area contributed by atoms with Gasteiger partial charge in [-0.05, 0) is 6.07 Å². The van der Waals surface area contributed by atoms with Crippen LogP contribution in [-0.2, 0) is 6.42 Å². The molecule has 0 fully saturated rings. The third kappa shape index (κ3) is 1.84. The van der Waals surface area contributed by atoms with Crippen molar-refractivity contribution in [1.29, 1.82) is 0 Å². The summed E-state index contributed by atoms with van der Waals surface area (Å²) in [5.41, 5.74) is 3.13. The van der Waals surface area contributed by atoms with Gasteiger partial charge in [0.25, 0.3) is 0 Å². The highest BCUT2D eigenvalue weighted by molar-refractivity contribution is 5.56. The fourth-order valence-electron chi connectivity index (χ4n) is 2.39. The van der Waals surface area contributed by atoms with Gasteiger partial charge in [0.15, 0.2) is 11.6 Å². The number of fused-ring (bicyclic) bond motifs is 2. The minimum absolute atomic E-state index is 0.743. The first kappa shape index (κ1) is 11.2. The lowest BCUT2D eigenvalue weighted by Crippen LogP contribution is -2.06. The maximum atomic E-state index is 5.84. The van der Waals surface area contributed by atoms with Crippen molar-refractivity contribution in [2.75, 3.05) is 0 Å². The molecule has 2 aromatic carbocycles. The van der Waals surface area contributed by atoms with Crippen LogP contribution < -0.4 is 4.74 Å². The van der Waals surface area contributed by atoms with Gasteiger partial charge in [-0.1, -0.05) is 48.5 Å². The van der Waals surface area contributed by atoms with Crippen LogP contribution in [0.15, 0.2) is 60.8 Å². The second-order valence-corrected chi connectivity index (χ2v) is 4.76. The average Bonchev–Trinajstić information content (AvgIpc) is 2.53. The van der Waals surface area contributed by atoms with Gasteiger partial charge in [-0.25, -0.2) is 9.97 Å². The summed E-state index contributed by atoms with van der Waals surface area (Å²) < 4.78 is 5.84. The van der Waals surface area contributed by atoms with Crippen molar-refractivity contribution < 1.29 is 4.74 Å². The number of hydrogen-bond acceptors (Lipinski definition) is 3. The van der Waals surface area contributed by atoms with E-state index in [-0.39, 0.29) is 0 Å². The van der Waals surface area contributed by atoms with Crippen LogP contribution in [0, 0.1) is 0 Å². The van der Waals surface area contributed by atoms with E-state index in [1.807, 2.05) is 48.5 Å². The van der Waals surface area contributed by atoms with Crippen molar-refractivity contribution in [3.63, 3.8) is 0 Å². The zero-order valence-electron chi connectivity index (χ0n) is 10.8. The number of hydrogen-bond donors (Lipinski definition) is 0. The molecule has 3 heteroatoms. The Hall–Kier alpha value is -2.68. The molecule has 0 aliphatic carbocycles. The molecular weight excluding hydrogens is 248 g/mol. The lowest BCUT2D eigenvalue weighted by atomic mass is 10.1. The molecular formula is C17H12N2O. The van der Waals surface area contributed by atoms with Crippen molar-refractivity contribution in [2.24, 2.45) is 0 Å². The number of para-hydroxylation sites is 1. The van der Waals surface area contributed by atoms with E-state index in [2.05, 4.69) is 16.0 Å². The minimum atomic E-state index is 0.743. The average molecular weight is 260 g/mol. The molecule has 1 aliphatic rings. The second kappa shape index (κ2) is 4.46. The van der Waals surface area contributed by atoms with Crippen LogP contribution in [0.5, 0.6) is 11.5 Å². The van der Waals surface area contributed by atoms with E-state index in [9.17, 15) is 0 Å². The standard InChI is InChI=1S/C17H12N2O/c1-2-6-12(7-3-1)17-18-11-16-14(19-17)10-13-8-4-5-9-15(13)20-16/h1-9,11H,10H2. The quantitative estimate of drug-likeness (QED) is 0.521. The predicted molar refractivity (Wildman–Crippen MR) is 76.8 cm³/mol. The van der Waals surface area contributed by atoms with Crippen LogP contribution in [0.1, 0.15) is 11.3 Å². The normalized spacial score (nSPS) is 12.2. The minimum Gasteiger partial charge on any atom is -0.454 e. The first-order valence-electron chi connectivity index (χ1n) is 6.57. The third-order valence-corrected chi connectivity index (χ3v) is 3.41. The summed E-state index contributed by atoms with van der Waals surface area (Å²) in [6.45, 7) is 0. The van der Waals surface area contributed by atoms with Gasteiger partial charge in [0.1, 0.15) is 5.75 Å². The van der Waals surface area contributed by atoms with E-state index < -0.39 is 0 Å². The van der Waals surface area contributed by atoms with Gasteiger partial charge in [0.05, 0.1) is 11.9 Å².